The zero-order valence-corrected chi connectivity index (χ0v) is 12.5. The second-order valence-electron chi connectivity index (χ2n) is 6.64. The Morgan fingerprint density at radius 1 is 1.09 bits per heavy atom. The van der Waals surface area contributed by atoms with E-state index in [1.807, 2.05) is 6.07 Å². The standard InChI is InChI=1S/C17H22F3NO/c18-17(19,20)22-13-6-3-5-12(11-13)16(9-4-10-16)14-7-1-2-8-15(14)21/h3,5-6,11,14-15H,1-2,4,7-10,21H2. The Hall–Kier alpha value is -1.23. The molecule has 0 radical (unpaired) electrons. The second kappa shape index (κ2) is 5.76. The van der Waals surface area contributed by atoms with Gasteiger partial charge in [-0.2, -0.15) is 0 Å². The molecule has 0 spiro atoms. The van der Waals surface area contributed by atoms with Crippen LogP contribution in [0.1, 0.15) is 50.5 Å². The summed E-state index contributed by atoms with van der Waals surface area (Å²) in [6, 6.07) is 6.67. The molecule has 2 nitrogen and oxygen atoms in total. The van der Waals surface area contributed by atoms with Crippen LogP contribution in [0.5, 0.6) is 5.75 Å². The van der Waals surface area contributed by atoms with Gasteiger partial charge in [0.1, 0.15) is 5.75 Å². The van der Waals surface area contributed by atoms with Gasteiger partial charge in [0.05, 0.1) is 0 Å². The first-order valence-corrected chi connectivity index (χ1v) is 8.03. The summed E-state index contributed by atoms with van der Waals surface area (Å²) in [6.07, 6.45) is 2.92. The van der Waals surface area contributed by atoms with Gasteiger partial charge in [-0.05, 0) is 54.7 Å². The highest BCUT2D eigenvalue weighted by molar-refractivity contribution is 5.37. The molecule has 2 unspecified atom stereocenters. The minimum absolute atomic E-state index is 0.0508. The van der Waals surface area contributed by atoms with Crippen molar-refractivity contribution in [1.82, 2.24) is 0 Å². The first kappa shape index (κ1) is 15.7. The van der Waals surface area contributed by atoms with Crippen molar-refractivity contribution in [2.24, 2.45) is 11.7 Å². The maximum atomic E-state index is 12.4. The first-order valence-electron chi connectivity index (χ1n) is 8.03. The largest absolute Gasteiger partial charge is 0.573 e. The van der Waals surface area contributed by atoms with Crippen molar-refractivity contribution < 1.29 is 17.9 Å². The molecule has 3 rings (SSSR count). The highest BCUT2D eigenvalue weighted by Crippen LogP contribution is 2.53. The van der Waals surface area contributed by atoms with Gasteiger partial charge in [0.2, 0.25) is 0 Å². The van der Waals surface area contributed by atoms with Gasteiger partial charge in [-0.15, -0.1) is 13.2 Å². The number of rotatable bonds is 3. The molecule has 0 heterocycles. The summed E-state index contributed by atoms with van der Waals surface area (Å²) in [5, 5.41) is 0. The first-order chi connectivity index (χ1) is 10.4. The van der Waals surface area contributed by atoms with Crippen LogP contribution < -0.4 is 10.5 Å². The molecule has 2 aliphatic rings. The third-order valence-electron chi connectivity index (χ3n) is 5.42. The SMILES string of the molecule is NC1CCCCC1C1(c2cccc(OC(F)(F)F)c2)CCC1. The van der Waals surface area contributed by atoms with Crippen LogP contribution in [0, 0.1) is 5.92 Å². The molecule has 0 aliphatic heterocycles. The lowest BCUT2D eigenvalue weighted by Crippen LogP contribution is -2.51. The average Bonchev–Trinajstić information content (AvgIpc) is 2.38. The topological polar surface area (TPSA) is 35.2 Å². The van der Waals surface area contributed by atoms with Gasteiger partial charge in [-0.1, -0.05) is 31.4 Å². The fourth-order valence-corrected chi connectivity index (χ4v) is 4.28. The van der Waals surface area contributed by atoms with Gasteiger partial charge in [-0.3, -0.25) is 0 Å². The maximum Gasteiger partial charge on any atom is 0.573 e. The number of nitrogens with two attached hydrogens (primary N) is 1. The number of halogens is 3. The Kier molecular flexibility index (Phi) is 4.10. The quantitative estimate of drug-likeness (QED) is 0.890. The fraction of sp³-hybridized carbons (Fsp3) is 0.647. The lowest BCUT2D eigenvalue weighted by molar-refractivity contribution is -0.274. The van der Waals surface area contributed by atoms with E-state index in [1.165, 1.54) is 12.5 Å². The monoisotopic (exact) mass is 313 g/mol. The lowest BCUT2D eigenvalue weighted by atomic mass is 9.53. The summed E-state index contributed by atoms with van der Waals surface area (Å²) in [7, 11) is 0. The number of benzene rings is 1. The van der Waals surface area contributed by atoms with Crippen molar-refractivity contribution in [3.8, 4) is 5.75 Å². The van der Waals surface area contributed by atoms with E-state index in [0.29, 0.717) is 5.92 Å². The van der Waals surface area contributed by atoms with E-state index in [4.69, 9.17) is 5.73 Å². The molecule has 2 N–H and O–H groups in total. The Morgan fingerprint density at radius 3 is 2.41 bits per heavy atom. The average molecular weight is 313 g/mol. The van der Waals surface area contributed by atoms with E-state index in [-0.39, 0.29) is 17.2 Å². The third-order valence-corrected chi connectivity index (χ3v) is 5.42. The van der Waals surface area contributed by atoms with Crippen LogP contribution in [-0.2, 0) is 5.41 Å². The summed E-state index contributed by atoms with van der Waals surface area (Å²) >= 11 is 0. The molecule has 22 heavy (non-hydrogen) atoms. The molecule has 0 saturated heterocycles. The molecule has 2 aliphatic carbocycles. The molecule has 2 atom stereocenters. The Bertz CT molecular complexity index is 525. The molecule has 0 amide bonds. The van der Waals surface area contributed by atoms with Crippen LogP contribution in [0.3, 0.4) is 0 Å². The summed E-state index contributed by atoms with van der Waals surface area (Å²) in [5.41, 5.74) is 7.25. The van der Waals surface area contributed by atoms with Crippen molar-refractivity contribution >= 4 is 0 Å². The molecule has 122 valence electrons. The van der Waals surface area contributed by atoms with Crippen LogP contribution >= 0.6 is 0 Å². The van der Waals surface area contributed by atoms with Crippen LogP contribution in [0.2, 0.25) is 0 Å². The Balaban J connectivity index is 1.88. The van der Waals surface area contributed by atoms with E-state index < -0.39 is 6.36 Å². The van der Waals surface area contributed by atoms with E-state index >= 15 is 0 Å². The Labute approximate surface area is 128 Å². The van der Waals surface area contributed by atoms with Gasteiger partial charge in [0.25, 0.3) is 0 Å². The molecular formula is C17H22F3NO. The Morgan fingerprint density at radius 2 is 1.82 bits per heavy atom. The number of ether oxygens (including phenoxy) is 1. The molecule has 2 fully saturated rings. The van der Waals surface area contributed by atoms with E-state index in [2.05, 4.69) is 4.74 Å². The van der Waals surface area contributed by atoms with Gasteiger partial charge < -0.3 is 10.5 Å². The summed E-state index contributed by atoms with van der Waals surface area (Å²) in [6.45, 7) is 0. The number of hydrogen-bond donors (Lipinski definition) is 1. The molecule has 0 aromatic heterocycles. The molecule has 0 bridgehead atoms. The van der Waals surface area contributed by atoms with Crippen LogP contribution in [0.25, 0.3) is 0 Å². The number of alkyl halides is 3. The molecular weight excluding hydrogens is 291 g/mol. The van der Waals surface area contributed by atoms with Crippen molar-refractivity contribution in [2.75, 3.05) is 0 Å². The summed E-state index contributed by atoms with van der Waals surface area (Å²) in [4.78, 5) is 0. The van der Waals surface area contributed by atoms with Crippen LogP contribution in [-0.4, -0.2) is 12.4 Å². The van der Waals surface area contributed by atoms with Crippen LogP contribution in [0.4, 0.5) is 13.2 Å². The third kappa shape index (κ3) is 2.96. The smallest absolute Gasteiger partial charge is 0.406 e. The minimum atomic E-state index is -4.65. The second-order valence-corrected chi connectivity index (χ2v) is 6.64. The van der Waals surface area contributed by atoms with Crippen molar-refractivity contribution in [1.29, 1.82) is 0 Å². The fourth-order valence-electron chi connectivity index (χ4n) is 4.28. The van der Waals surface area contributed by atoms with Crippen LogP contribution in [0.15, 0.2) is 24.3 Å². The molecule has 1 aromatic rings. The van der Waals surface area contributed by atoms with Gasteiger partial charge >= 0.3 is 6.36 Å². The molecule has 5 heteroatoms. The van der Waals surface area contributed by atoms with E-state index in [0.717, 1.165) is 44.1 Å². The molecule has 1 aromatic carbocycles. The van der Waals surface area contributed by atoms with E-state index in [1.54, 1.807) is 12.1 Å². The van der Waals surface area contributed by atoms with Gasteiger partial charge in [0.15, 0.2) is 0 Å². The van der Waals surface area contributed by atoms with Crippen molar-refractivity contribution in [3.05, 3.63) is 29.8 Å². The van der Waals surface area contributed by atoms with Crippen molar-refractivity contribution in [2.45, 2.75) is 62.8 Å². The normalized spacial score (nSPS) is 28.0. The summed E-state index contributed by atoms with van der Waals surface area (Å²) in [5.74, 6) is 0.247. The maximum absolute atomic E-state index is 12.4. The predicted octanol–water partition coefficient (Wildman–Crippen LogP) is 4.52. The highest BCUT2D eigenvalue weighted by atomic mass is 19.4. The van der Waals surface area contributed by atoms with Gasteiger partial charge in [-0.25, -0.2) is 0 Å². The number of hydrogen-bond acceptors (Lipinski definition) is 2. The summed E-state index contributed by atoms with van der Waals surface area (Å²) < 4.78 is 41.4. The highest BCUT2D eigenvalue weighted by Gasteiger charge is 2.48. The minimum Gasteiger partial charge on any atom is -0.406 e. The predicted molar refractivity (Wildman–Crippen MR) is 78.6 cm³/mol. The lowest BCUT2D eigenvalue weighted by Gasteiger charge is -2.52. The molecule has 2 saturated carbocycles. The van der Waals surface area contributed by atoms with E-state index in [9.17, 15) is 13.2 Å². The van der Waals surface area contributed by atoms with Crippen molar-refractivity contribution in [3.63, 3.8) is 0 Å². The van der Waals surface area contributed by atoms with Gasteiger partial charge in [0, 0.05) is 6.04 Å². The zero-order valence-electron chi connectivity index (χ0n) is 12.5. The zero-order chi connectivity index (χ0) is 15.8.